The Kier molecular flexibility index (Phi) is 5.75. The summed E-state index contributed by atoms with van der Waals surface area (Å²) in [5, 5.41) is 7.22. The molecule has 0 radical (unpaired) electrons. The minimum atomic E-state index is 0.291. The van der Waals surface area contributed by atoms with E-state index in [1.807, 2.05) is 18.8 Å². The van der Waals surface area contributed by atoms with Crippen LogP contribution < -0.4 is 10.6 Å². The molecule has 2 saturated heterocycles. The Bertz CT molecular complexity index is 421. The lowest BCUT2D eigenvalue weighted by Gasteiger charge is -2.36. The van der Waals surface area contributed by atoms with Crippen molar-refractivity contribution in [3.8, 4) is 0 Å². The van der Waals surface area contributed by atoms with E-state index in [9.17, 15) is 0 Å². The molecule has 2 aliphatic heterocycles. The maximum absolute atomic E-state index is 5.53. The van der Waals surface area contributed by atoms with E-state index in [0.29, 0.717) is 16.8 Å². The Morgan fingerprint density at radius 3 is 2.70 bits per heavy atom. The zero-order valence-electron chi connectivity index (χ0n) is 14.8. The molecule has 3 fully saturated rings. The molecule has 2 heterocycles. The van der Waals surface area contributed by atoms with E-state index in [4.69, 9.17) is 4.74 Å². The second-order valence-electron chi connectivity index (χ2n) is 7.28. The highest BCUT2D eigenvalue weighted by Gasteiger charge is 2.39. The number of aliphatic imine (C=N–C) groups is 1. The lowest BCUT2D eigenvalue weighted by atomic mass is 9.99. The highest BCUT2D eigenvalue weighted by Crippen LogP contribution is 2.34. The minimum Gasteiger partial charge on any atom is -0.381 e. The van der Waals surface area contributed by atoms with Crippen LogP contribution in [-0.4, -0.2) is 73.3 Å². The monoisotopic (exact) mass is 340 g/mol. The molecule has 0 aromatic carbocycles. The highest BCUT2D eigenvalue weighted by atomic mass is 32.2. The van der Waals surface area contributed by atoms with Crippen LogP contribution in [0.15, 0.2) is 4.99 Å². The maximum Gasteiger partial charge on any atom is 0.191 e. The summed E-state index contributed by atoms with van der Waals surface area (Å²) < 4.78 is 5.82. The van der Waals surface area contributed by atoms with E-state index in [-0.39, 0.29) is 0 Å². The van der Waals surface area contributed by atoms with Gasteiger partial charge in [-0.1, -0.05) is 0 Å². The van der Waals surface area contributed by atoms with E-state index < -0.39 is 0 Å². The number of guanidine groups is 1. The first-order chi connectivity index (χ1) is 11.2. The summed E-state index contributed by atoms with van der Waals surface area (Å²) >= 11 is 1.97. The molecule has 5 nitrogen and oxygen atoms in total. The molecule has 3 aliphatic rings. The van der Waals surface area contributed by atoms with Gasteiger partial charge < -0.3 is 15.4 Å². The number of ether oxygens (including phenoxy) is 1. The summed E-state index contributed by atoms with van der Waals surface area (Å²) in [5.41, 5.74) is 0. The summed E-state index contributed by atoms with van der Waals surface area (Å²) in [5.74, 6) is 0.958. The normalized spacial score (nSPS) is 32.0. The Hall–Kier alpha value is -0.460. The van der Waals surface area contributed by atoms with Gasteiger partial charge in [-0.25, -0.2) is 0 Å². The van der Waals surface area contributed by atoms with Crippen LogP contribution in [0.5, 0.6) is 0 Å². The molecule has 2 atom stereocenters. The van der Waals surface area contributed by atoms with Crippen LogP contribution in [0.2, 0.25) is 0 Å². The molecule has 23 heavy (non-hydrogen) atoms. The number of hydrogen-bond acceptors (Lipinski definition) is 4. The second kappa shape index (κ2) is 7.62. The highest BCUT2D eigenvalue weighted by molar-refractivity contribution is 8.00. The molecule has 1 aliphatic carbocycles. The van der Waals surface area contributed by atoms with Crippen molar-refractivity contribution < 1.29 is 4.74 Å². The van der Waals surface area contributed by atoms with Crippen molar-refractivity contribution in [3.63, 3.8) is 0 Å². The number of thioether (sulfide) groups is 1. The SMILES string of the molecule is CN=C(NCC1(SC)CCOCC1)NC1CC(C)N(C2CC2)C1. The van der Waals surface area contributed by atoms with Crippen LogP contribution >= 0.6 is 11.8 Å². The third-order valence-electron chi connectivity index (χ3n) is 5.62. The zero-order valence-corrected chi connectivity index (χ0v) is 15.6. The maximum atomic E-state index is 5.53. The first-order valence-electron chi connectivity index (χ1n) is 9.01. The van der Waals surface area contributed by atoms with E-state index in [0.717, 1.165) is 51.1 Å². The average molecular weight is 341 g/mol. The van der Waals surface area contributed by atoms with Gasteiger partial charge in [0, 0.05) is 56.2 Å². The third-order valence-corrected chi connectivity index (χ3v) is 7.04. The lowest BCUT2D eigenvalue weighted by Crippen LogP contribution is -2.50. The first-order valence-corrected chi connectivity index (χ1v) is 10.2. The molecule has 132 valence electrons. The predicted octanol–water partition coefficient (Wildman–Crippen LogP) is 1.69. The van der Waals surface area contributed by atoms with Crippen molar-refractivity contribution in [1.82, 2.24) is 15.5 Å². The number of hydrogen-bond donors (Lipinski definition) is 2. The summed E-state index contributed by atoms with van der Waals surface area (Å²) in [6.45, 7) is 6.25. The van der Waals surface area contributed by atoms with Crippen molar-refractivity contribution in [2.24, 2.45) is 4.99 Å². The summed E-state index contributed by atoms with van der Waals surface area (Å²) in [6, 6.07) is 2.08. The molecular weight excluding hydrogens is 308 g/mol. The van der Waals surface area contributed by atoms with Gasteiger partial charge in [0.25, 0.3) is 0 Å². The van der Waals surface area contributed by atoms with E-state index in [1.54, 1.807) is 0 Å². The Morgan fingerprint density at radius 1 is 1.35 bits per heavy atom. The fourth-order valence-corrected chi connectivity index (χ4v) is 4.70. The average Bonchev–Trinajstić information content (AvgIpc) is 3.36. The Morgan fingerprint density at radius 2 is 2.09 bits per heavy atom. The molecule has 0 aromatic rings. The van der Waals surface area contributed by atoms with Gasteiger partial charge in [-0.15, -0.1) is 0 Å². The van der Waals surface area contributed by atoms with Crippen molar-refractivity contribution in [3.05, 3.63) is 0 Å². The summed E-state index contributed by atoms with van der Waals surface area (Å²) in [4.78, 5) is 7.12. The van der Waals surface area contributed by atoms with Gasteiger partial charge in [0.15, 0.2) is 5.96 Å². The van der Waals surface area contributed by atoms with Crippen LogP contribution in [0.3, 0.4) is 0 Å². The fraction of sp³-hybridized carbons (Fsp3) is 0.941. The predicted molar refractivity (Wildman–Crippen MR) is 98.4 cm³/mol. The third kappa shape index (κ3) is 4.34. The van der Waals surface area contributed by atoms with Gasteiger partial charge >= 0.3 is 0 Å². The molecule has 6 heteroatoms. The smallest absolute Gasteiger partial charge is 0.191 e. The summed E-state index contributed by atoms with van der Waals surface area (Å²) in [6.07, 6.45) is 8.46. The van der Waals surface area contributed by atoms with Crippen LogP contribution in [0, 0.1) is 0 Å². The van der Waals surface area contributed by atoms with E-state index >= 15 is 0 Å². The largest absolute Gasteiger partial charge is 0.381 e. The van der Waals surface area contributed by atoms with Crippen LogP contribution in [0.25, 0.3) is 0 Å². The van der Waals surface area contributed by atoms with E-state index in [2.05, 4.69) is 33.7 Å². The molecule has 0 bridgehead atoms. The van der Waals surface area contributed by atoms with Gasteiger partial charge in [-0.05, 0) is 45.3 Å². The molecule has 2 unspecified atom stereocenters. The molecule has 3 rings (SSSR count). The van der Waals surface area contributed by atoms with Gasteiger partial charge in [0.05, 0.1) is 0 Å². The molecule has 0 aromatic heterocycles. The molecule has 0 amide bonds. The van der Waals surface area contributed by atoms with Crippen molar-refractivity contribution in [1.29, 1.82) is 0 Å². The van der Waals surface area contributed by atoms with Crippen molar-refractivity contribution >= 4 is 17.7 Å². The number of likely N-dealkylation sites (tertiary alicyclic amines) is 1. The minimum absolute atomic E-state index is 0.291. The number of nitrogens with zero attached hydrogens (tertiary/aromatic N) is 2. The van der Waals surface area contributed by atoms with Gasteiger partial charge in [0.1, 0.15) is 0 Å². The molecule has 2 N–H and O–H groups in total. The van der Waals surface area contributed by atoms with Crippen molar-refractivity contribution in [2.45, 2.75) is 61.9 Å². The van der Waals surface area contributed by atoms with Crippen LogP contribution in [-0.2, 0) is 4.74 Å². The van der Waals surface area contributed by atoms with Crippen LogP contribution in [0.1, 0.15) is 39.0 Å². The topological polar surface area (TPSA) is 48.9 Å². The molecule has 0 spiro atoms. The second-order valence-corrected chi connectivity index (χ2v) is 8.55. The molecule has 1 saturated carbocycles. The van der Waals surface area contributed by atoms with Gasteiger partial charge in [-0.2, -0.15) is 11.8 Å². The van der Waals surface area contributed by atoms with E-state index in [1.165, 1.54) is 19.3 Å². The number of nitrogens with one attached hydrogen (secondary N) is 2. The number of rotatable bonds is 5. The van der Waals surface area contributed by atoms with Crippen LogP contribution in [0.4, 0.5) is 0 Å². The standard InChI is InChI=1S/C17H32N4OS/c1-13-10-14(11-21(13)15-4-5-15)20-16(18-2)19-12-17(23-3)6-8-22-9-7-17/h13-15H,4-12H2,1-3H3,(H2,18,19,20). The fourth-order valence-electron chi connectivity index (χ4n) is 3.91. The first kappa shape index (κ1) is 17.4. The quantitative estimate of drug-likeness (QED) is 0.589. The summed E-state index contributed by atoms with van der Waals surface area (Å²) in [7, 11) is 1.88. The van der Waals surface area contributed by atoms with Gasteiger partial charge in [-0.3, -0.25) is 9.89 Å². The zero-order chi connectivity index (χ0) is 16.3. The van der Waals surface area contributed by atoms with Gasteiger partial charge in [0.2, 0.25) is 0 Å². The Labute approximate surface area is 145 Å². The lowest BCUT2D eigenvalue weighted by molar-refractivity contribution is 0.0782. The van der Waals surface area contributed by atoms with Crippen molar-refractivity contribution in [2.75, 3.05) is 39.6 Å². The molecular formula is C17H32N4OS. The Balaban J connectivity index is 1.48.